The van der Waals surface area contributed by atoms with Gasteiger partial charge in [-0.05, 0) is 36.2 Å². The van der Waals surface area contributed by atoms with E-state index in [9.17, 15) is 0 Å². The summed E-state index contributed by atoms with van der Waals surface area (Å²) in [5.74, 6) is 1.02. The third-order valence-electron chi connectivity index (χ3n) is 3.23. The van der Waals surface area contributed by atoms with Gasteiger partial charge in [0, 0.05) is 31.0 Å². The second-order valence-electron chi connectivity index (χ2n) is 4.80. The number of nitrogens with zero attached hydrogens (tertiary/aromatic N) is 2. The molecule has 1 aromatic carbocycles. The van der Waals surface area contributed by atoms with Crippen LogP contribution in [0.25, 0.3) is 11.1 Å². The summed E-state index contributed by atoms with van der Waals surface area (Å²) in [5.41, 5.74) is 8.74. The smallest absolute Gasteiger partial charge is 0.128 e. The first-order valence-corrected chi connectivity index (χ1v) is 6.74. The van der Waals surface area contributed by atoms with Gasteiger partial charge in [-0.15, -0.1) is 0 Å². The van der Waals surface area contributed by atoms with Crippen LogP contribution in [0.2, 0.25) is 0 Å². The molecule has 3 nitrogen and oxygen atoms in total. The van der Waals surface area contributed by atoms with Gasteiger partial charge < -0.3 is 10.6 Å². The number of hydrogen-bond donors (Lipinski definition) is 1. The summed E-state index contributed by atoms with van der Waals surface area (Å²) < 4.78 is 0. The van der Waals surface area contributed by atoms with E-state index >= 15 is 0 Å². The van der Waals surface area contributed by atoms with Crippen molar-refractivity contribution in [2.24, 2.45) is 0 Å². The molecule has 100 valence electrons. The van der Waals surface area contributed by atoms with E-state index in [1.807, 2.05) is 30.5 Å². The fourth-order valence-corrected chi connectivity index (χ4v) is 1.97. The van der Waals surface area contributed by atoms with Crippen LogP contribution in [0.1, 0.15) is 19.8 Å². The van der Waals surface area contributed by atoms with Crippen molar-refractivity contribution in [1.82, 2.24) is 4.98 Å². The predicted molar refractivity (Wildman–Crippen MR) is 82.3 cm³/mol. The monoisotopic (exact) mass is 255 g/mol. The van der Waals surface area contributed by atoms with Crippen LogP contribution >= 0.6 is 0 Å². The number of nitrogens with two attached hydrogens (primary N) is 1. The third kappa shape index (κ3) is 3.47. The molecule has 0 saturated carbocycles. The highest BCUT2D eigenvalue weighted by atomic mass is 15.2. The Morgan fingerprint density at radius 2 is 1.74 bits per heavy atom. The Kier molecular flexibility index (Phi) is 4.39. The van der Waals surface area contributed by atoms with Crippen LogP contribution < -0.4 is 10.6 Å². The van der Waals surface area contributed by atoms with E-state index in [2.05, 4.69) is 36.0 Å². The minimum absolute atomic E-state index is 0.785. The van der Waals surface area contributed by atoms with Crippen molar-refractivity contribution in [3.8, 4) is 11.1 Å². The zero-order chi connectivity index (χ0) is 13.7. The average Bonchev–Trinajstić information content (AvgIpc) is 2.46. The first-order valence-electron chi connectivity index (χ1n) is 6.74. The van der Waals surface area contributed by atoms with E-state index in [0.29, 0.717) is 0 Å². The Balaban J connectivity index is 2.11. The molecule has 1 aromatic heterocycles. The Labute approximate surface area is 115 Å². The molecule has 2 rings (SSSR count). The molecule has 0 aliphatic carbocycles. The maximum Gasteiger partial charge on any atom is 0.128 e. The van der Waals surface area contributed by atoms with Crippen molar-refractivity contribution in [2.45, 2.75) is 19.8 Å². The van der Waals surface area contributed by atoms with Crippen LogP contribution in [0.3, 0.4) is 0 Å². The number of rotatable bonds is 5. The van der Waals surface area contributed by atoms with Crippen molar-refractivity contribution in [3.05, 3.63) is 42.6 Å². The molecular formula is C16H21N3. The SMILES string of the molecule is CCCCN(C)c1ccc(-c2ccc(N)cc2)cn1. The summed E-state index contributed by atoms with van der Waals surface area (Å²) in [6, 6.07) is 12.0. The second kappa shape index (κ2) is 6.23. The molecule has 1 heterocycles. The van der Waals surface area contributed by atoms with Crippen molar-refractivity contribution in [1.29, 1.82) is 0 Å². The molecule has 0 atom stereocenters. The summed E-state index contributed by atoms with van der Waals surface area (Å²) in [6.45, 7) is 3.25. The minimum atomic E-state index is 0.785. The van der Waals surface area contributed by atoms with Crippen molar-refractivity contribution in [2.75, 3.05) is 24.2 Å². The highest BCUT2D eigenvalue weighted by Gasteiger charge is 2.03. The molecule has 0 unspecified atom stereocenters. The van der Waals surface area contributed by atoms with E-state index in [0.717, 1.165) is 29.2 Å². The van der Waals surface area contributed by atoms with Gasteiger partial charge in [-0.1, -0.05) is 25.5 Å². The number of unbranched alkanes of at least 4 members (excludes halogenated alkanes) is 1. The Bertz CT molecular complexity index is 503. The van der Waals surface area contributed by atoms with Crippen LogP contribution in [-0.2, 0) is 0 Å². The molecule has 0 bridgehead atoms. The summed E-state index contributed by atoms with van der Waals surface area (Å²) in [6.07, 6.45) is 4.31. The average molecular weight is 255 g/mol. The van der Waals surface area contributed by atoms with Gasteiger partial charge in [-0.2, -0.15) is 0 Å². The summed E-state index contributed by atoms with van der Waals surface area (Å²) in [4.78, 5) is 6.72. The van der Waals surface area contributed by atoms with Gasteiger partial charge in [-0.25, -0.2) is 4.98 Å². The number of nitrogen functional groups attached to an aromatic ring is 1. The highest BCUT2D eigenvalue weighted by molar-refractivity contribution is 5.65. The molecule has 0 aliphatic rings. The van der Waals surface area contributed by atoms with Gasteiger partial charge >= 0.3 is 0 Å². The van der Waals surface area contributed by atoms with Gasteiger partial charge in [-0.3, -0.25) is 0 Å². The second-order valence-corrected chi connectivity index (χ2v) is 4.80. The van der Waals surface area contributed by atoms with Crippen LogP contribution in [-0.4, -0.2) is 18.6 Å². The molecule has 3 heteroatoms. The molecule has 0 aliphatic heterocycles. The van der Waals surface area contributed by atoms with Crippen LogP contribution in [0.5, 0.6) is 0 Å². The van der Waals surface area contributed by atoms with Gasteiger partial charge in [0.15, 0.2) is 0 Å². The Hall–Kier alpha value is -2.03. The molecular weight excluding hydrogens is 234 g/mol. The maximum atomic E-state index is 5.69. The molecule has 2 aromatic rings. The van der Waals surface area contributed by atoms with E-state index in [-0.39, 0.29) is 0 Å². The first kappa shape index (κ1) is 13.4. The van der Waals surface area contributed by atoms with E-state index in [4.69, 9.17) is 5.73 Å². The lowest BCUT2D eigenvalue weighted by molar-refractivity contribution is 0.759. The normalized spacial score (nSPS) is 10.4. The topological polar surface area (TPSA) is 42.1 Å². The molecule has 0 spiro atoms. The maximum absolute atomic E-state index is 5.69. The Morgan fingerprint density at radius 3 is 2.32 bits per heavy atom. The number of aromatic nitrogens is 1. The molecule has 0 saturated heterocycles. The molecule has 0 fully saturated rings. The lowest BCUT2D eigenvalue weighted by Crippen LogP contribution is -2.19. The summed E-state index contributed by atoms with van der Waals surface area (Å²) in [7, 11) is 2.08. The number of hydrogen-bond acceptors (Lipinski definition) is 3. The lowest BCUT2D eigenvalue weighted by atomic mass is 10.1. The summed E-state index contributed by atoms with van der Waals surface area (Å²) >= 11 is 0. The fourth-order valence-electron chi connectivity index (χ4n) is 1.97. The molecule has 0 radical (unpaired) electrons. The van der Waals surface area contributed by atoms with Gasteiger partial charge in [0.1, 0.15) is 5.82 Å². The van der Waals surface area contributed by atoms with E-state index in [1.54, 1.807) is 0 Å². The molecule has 2 N–H and O–H groups in total. The fraction of sp³-hybridized carbons (Fsp3) is 0.312. The number of anilines is 2. The zero-order valence-corrected chi connectivity index (χ0v) is 11.6. The standard InChI is InChI=1S/C16H21N3/c1-3-4-11-19(2)16-10-7-14(12-18-16)13-5-8-15(17)9-6-13/h5-10,12H,3-4,11,17H2,1-2H3. The zero-order valence-electron chi connectivity index (χ0n) is 11.6. The number of pyridine rings is 1. The third-order valence-corrected chi connectivity index (χ3v) is 3.23. The first-order chi connectivity index (χ1) is 9.20. The van der Waals surface area contributed by atoms with Gasteiger partial charge in [0.05, 0.1) is 0 Å². The largest absolute Gasteiger partial charge is 0.399 e. The lowest BCUT2D eigenvalue weighted by Gasteiger charge is -2.17. The highest BCUT2D eigenvalue weighted by Crippen LogP contribution is 2.21. The van der Waals surface area contributed by atoms with Gasteiger partial charge in [0.25, 0.3) is 0 Å². The van der Waals surface area contributed by atoms with Crippen molar-refractivity contribution < 1.29 is 0 Å². The van der Waals surface area contributed by atoms with E-state index in [1.165, 1.54) is 12.8 Å². The van der Waals surface area contributed by atoms with Crippen LogP contribution in [0.15, 0.2) is 42.6 Å². The molecule has 19 heavy (non-hydrogen) atoms. The minimum Gasteiger partial charge on any atom is -0.399 e. The predicted octanol–water partition coefficient (Wildman–Crippen LogP) is 3.57. The van der Waals surface area contributed by atoms with Crippen molar-refractivity contribution >= 4 is 11.5 Å². The quantitative estimate of drug-likeness (QED) is 0.830. The molecule has 0 amide bonds. The van der Waals surface area contributed by atoms with Gasteiger partial charge in [0.2, 0.25) is 0 Å². The van der Waals surface area contributed by atoms with Crippen molar-refractivity contribution in [3.63, 3.8) is 0 Å². The number of benzene rings is 1. The van der Waals surface area contributed by atoms with Crippen LogP contribution in [0.4, 0.5) is 11.5 Å². The van der Waals surface area contributed by atoms with E-state index < -0.39 is 0 Å². The van der Waals surface area contributed by atoms with Crippen LogP contribution in [0, 0.1) is 0 Å². The summed E-state index contributed by atoms with van der Waals surface area (Å²) in [5, 5.41) is 0. The Morgan fingerprint density at radius 1 is 1.05 bits per heavy atom.